The number of carbonyl (C=O) groups is 1. The maximum Gasteiger partial charge on any atom is 0.337 e. The predicted octanol–water partition coefficient (Wildman–Crippen LogP) is 2.94. The van der Waals surface area contributed by atoms with Crippen LogP contribution in [0.2, 0.25) is 0 Å². The smallest absolute Gasteiger partial charge is 0.337 e. The molecule has 3 nitrogen and oxygen atoms in total. The van der Waals surface area contributed by atoms with E-state index in [0.717, 1.165) is 13.0 Å². The summed E-state index contributed by atoms with van der Waals surface area (Å²) in [6.07, 6.45) is 7.68. The van der Waals surface area contributed by atoms with Crippen molar-refractivity contribution in [1.29, 1.82) is 0 Å². The van der Waals surface area contributed by atoms with Crippen LogP contribution in [-0.4, -0.2) is 25.7 Å². The van der Waals surface area contributed by atoms with E-state index in [0.29, 0.717) is 11.6 Å². The molecule has 0 aromatic heterocycles. The molecule has 104 valence electrons. The van der Waals surface area contributed by atoms with Crippen LogP contribution < -0.4 is 5.32 Å². The zero-order chi connectivity index (χ0) is 13.5. The molecule has 0 heterocycles. The van der Waals surface area contributed by atoms with Crippen LogP contribution in [-0.2, 0) is 11.2 Å². The Morgan fingerprint density at radius 1 is 1.32 bits per heavy atom. The minimum absolute atomic E-state index is 0.262. The van der Waals surface area contributed by atoms with E-state index in [4.69, 9.17) is 4.74 Å². The molecule has 1 aliphatic rings. The van der Waals surface area contributed by atoms with E-state index < -0.39 is 0 Å². The number of hydrogen-bond acceptors (Lipinski definition) is 3. The third-order valence-corrected chi connectivity index (χ3v) is 3.80. The number of benzene rings is 1. The molecular formula is C16H23NO2. The summed E-state index contributed by atoms with van der Waals surface area (Å²) in [5, 5.41) is 3.62. The molecule has 2 rings (SSSR count). The van der Waals surface area contributed by atoms with Crippen LogP contribution in [0.4, 0.5) is 0 Å². The SMILES string of the molecule is COC(=O)c1cccc(CCNC2CCCCC2)c1. The lowest BCUT2D eigenvalue weighted by Crippen LogP contribution is -2.32. The van der Waals surface area contributed by atoms with Crippen molar-refractivity contribution in [2.75, 3.05) is 13.7 Å². The van der Waals surface area contributed by atoms with Gasteiger partial charge in [-0.3, -0.25) is 0 Å². The van der Waals surface area contributed by atoms with Gasteiger partial charge in [0.05, 0.1) is 12.7 Å². The van der Waals surface area contributed by atoms with Gasteiger partial charge in [0.15, 0.2) is 0 Å². The number of rotatable bonds is 5. The summed E-state index contributed by atoms with van der Waals surface area (Å²) < 4.78 is 4.74. The van der Waals surface area contributed by atoms with Crippen LogP contribution in [0.15, 0.2) is 24.3 Å². The number of ether oxygens (including phenoxy) is 1. The minimum Gasteiger partial charge on any atom is -0.465 e. The van der Waals surface area contributed by atoms with Crippen LogP contribution in [0.1, 0.15) is 48.0 Å². The van der Waals surface area contributed by atoms with E-state index in [2.05, 4.69) is 11.4 Å². The third kappa shape index (κ3) is 4.35. The van der Waals surface area contributed by atoms with Crippen LogP contribution in [0.25, 0.3) is 0 Å². The second kappa shape index (κ2) is 7.29. The molecule has 0 aliphatic heterocycles. The molecule has 1 saturated carbocycles. The number of methoxy groups -OCH3 is 1. The monoisotopic (exact) mass is 261 g/mol. The summed E-state index contributed by atoms with van der Waals surface area (Å²) in [6, 6.07) is 8.40. The average Bonchev–Trinajstić information content (AvgIpc) is 2.48. The van der Waals surface area contributed by atoms with Crippen LogP contribution in [0, 0.1) is 0 Å². The summed E-state index contributed by atoms with van der Waals surface area (Å²) in [7, 11) is 1.42. The Labute approximate surface area is 115 Å². The maximum atomic E-state index is 11.4. The largest absolute Gasteiger partial charge is 0.465 e. The zero-order valence-electron chi connectivity index (χ0n) is 11.7. The van der Waals surface area contributed by atoms with Gasteiger partial charge in [-0.2, -0.15) is 0 Å². The van der Waals surface area contributed by atoms with Crippen molar-refractivity contribution >= 4 is 5.97 Å². The highest BCUT2D eigenvalue weighted by Gasteiger charge is 2.12. The van der Waals surface area contributed by atoms with Crippen molar-refractivity contribution in [1.82, 2.24) is 5.32 Å². The highest BCUT2D eigenvalue weighted by atomic mass is 16.5. The Bertz CT molecular complexity index is 411. The molecule has 19 heavy (non-hydrogen) atoms. The Kier molecular flexibility index (Phi) is 5.40. The average molecular weight is 261 g/mol. The molecular weight excluding hydrogens is 238 g/mol. The highest BCUT2D eigenvalue weighted by Crippen LogP contribution is 2.17. The van der Waals surface area contributed by atoms with Crippen molar-refractivity contribution in [3.63, 3.8) is 0 Å². The van der Waals surface area contributed by atoms with Gasteiger partial charge >= 0.3 is 5.97 Å². The molecule has 0 atom stereocenters. The fourth-order valence-electron chi connectivity index (χ4n) is 2.70. The Morgan fingerprint density at radius 3 is 2.84 bits per heavy atom. The van der Waals surface area contributed by atoms with Gasteiger partial charge in [-0.15, -0.1) is 0 Å². The van der Waals surface area contributed by atoms with E-state index in [1.165, 1.54) is 44.8 Å². The lowest BCUT2D eigenvalue weighted by molar-refractivity contribution is 0.0600. The first kappa shape index (κ1) is 14.1. The summed E-state index contributed by atoms with van der Waals surface area (Å²) in [5.74, 6) is -0.262. The van der Waals surface area contributed by atoms with E-state index in [1.54, 1.807) is 6.07 Å². The summed E-state index contributed by atoms with van der Waals surface area (Å²) in [6.45, 7) is 0.981. The predicted molar refractivity (Wildman–Crippen MR) is 76.4 cm³/mol. The topological polar surface area (TPSA) is 38.3 Å². The zero-order valence-corrected chi connectivity index (χ0v) is 11.7. The summed E-state index contributed by atoms with van der Waals surface area (Å²) in [4.78, 5) is 11.4. The number of hydrogen-bond donors (Lipinski definition) is 1. The van der Waals surface area contributed by atoms with Gasteiger partial charge in [0, 0.05) is 6.04 Å². The molecule has 0 saturated heterocycles. The molecule has 1 fully saturated rings. The maximum absolute atomic E-state index is 11.4. The first-order chi connectivity index (χ1) is 9.29. The van der Waals surface area contributed by atoms with Crippen LogP contribution in [0.5, 0.6) is 0 Å². The fourth-order valence-corrected chi connectivity index (χ4v) is 2.70. The van der Waals surface area contributed by atoms with E-state index in [1.807, 2.05) is 12.1 Å². The minimum atomic E-state index is -0.262. The quantitative estimate of drug-likeness (QED) is 0.828. The van der Waals surface area contributed by atoms with Gasteiger partial charge < -0.3 is 10.1 Å². The van der Waals surface area contributed by atoms with Crippen molar-refractivity contribution < 1.29 is 9.53 Å². The van der Waals surface area contributed by atoms with E-state index in [9.17, 15) is 4.79 Å². The Hall–Kier alpha value is -1.35. The van der Waals surface area contributed by atoms with E-state index >= 15 is 0 Å². The first-order valence-electron chi connectivity index (χ1n) is 7.20. The van der Waals surface area contributed by atoms with Crippen LogP contribution in [0.3, 0.4) is 0 Å². The number of carbonyl (C=O) groups excluding carboxylic acids is 1. The number of esters is 1. The van der Waals surface area contributed by atoms with Crippen molar-refractivity contribution in [3.05, 3.63) is 35.4 Å². The molecule has 0 unspecified atom stereocenters. The Balaban J connectivity index is 1.80. The van der Waals surface area contributed by atoms with Crippen LogP contribution >= 0.6 is 0 Å². The molecule has 3 heteroatoms. The second-order valence-electron chi connectivity index (χ2n) is 5.23. The van der Waals surface area contributed by atoms with Crippen molar-refractivity contribution in [2.45, 2.75) is 44.6 Å². The van der Waals surface area contributed by atoms with Gasteiger partial charge in [-0.25, -0.2) is 4.79 Å². The van der Waals surface area contributed by atoms with Gasteiger partial charge in [-0.1, -0.05) is 31.4 Å². The van der Waals surface area contributed by atoms with Gasteiger partial charge in [0.1, 0.15) is 0 Å². The second-order valence-corrected chi connectivity index (χ2v) is 5.23. The summed E-state index contributed by atoms with van der Waals surface area (Å²) >= 11 is 0. The molecule has 1 aliphatic carbocycles. The first-order valence-corrected chi connectivity index (χ1v) is 7.20. The molecule has 0 bridgehead atoms. The number of nitrogens with one attached hydrogen (secondary N) is 1. The third-order valence-electron chi connectivity index (χ3n) is 3.80. The van der Waals surface area contributed by atoms with Gasteiger partial charge in [-0.05, 0) is 43.5 Å². The fraction of sp³-hybridized carbons (Fsp3) is 0.562. The molecule has 0 amide bonds. The molecule has 1 N–H and O–H groups in total. The standard InChI is InChI=1S/C16H23NO2/c1-19-16(18)14-7-5-6-13(12-14)10-11-17-15-8-3-2-4-9-15/h5-7,12,15,17H,2-4,8-11H2,1H3. The molecule has 0 spiro atoms. The normalized spacial score (nSPS) is 16.3. The lowest BCUT2D eigenvalue weighted by Gasteiger charge is -2.22. The highest BCUT2D eigenvalue weighted by molar-refractivity contribution is 5.89. The summed E-state index contributed by atoms with van der Waals surface area (Å²) in [5.41, 5.74) is 1.82. The lowest BCUT2D eigenvalue weighted by atomic mass is 9.95. The van der Waals surface area contributed by atoms with E-state index in [-0.39, 0.29) is 5.97 Å². The Morgan fingerprint density at radius 2 is 2.11 bits per heavy atom. The van der Waals surface area contributed by atoms with Crippen molar-refractivity contribution in [3.8, 4) is 0 Å². The molecule has 1 aromatic rings. The molecule has 1 aromatic carbocycles. The van der Waals surface area contributed by atoms with Gasteiger partial charge in [0.2, 0.25) is 0 Å². The van der Waals surface area contributed by atoms with Crippen molar-refractivity contribution in [2.24, 2.45) is 0 Å². The molecule has 0 radical (unpaired) electrons. The van der Waals surface area contributed by atoms with Gasteiger partial charge in [0.25, 0.3) is 0 Å².